The van der Waals surface area contributed by atoms with Crippen molar-refractivity contribution < 1.29 is 29.7 Å². The summed E-state index contributed by atoms with van der Waals surface area (Å²) in [4.78, 5) is 38.6. The molecular formula is C32H16N8O2Zn. The third-order valence-corrected chi connectivity index (χ3v) is 7.48. The summed E-state index contributed by atoms with van der Waals surface area (Å²) >= 11 is 0. The summed E-state index contributed by atoms with van der Waals surface area (Å²) in [6.45, 7) is 0. The molecule has 0 saturated heterocycles. The van der Waals surface area contributed by atoms with E-state index in [1.807, 2.05) is 48.5 Å². The van der Waals surface area contributed by atoms with Crippen molar-refractivity contribution >= 4 is 44.1 Å². The standard InChI is InChI=1S/C32H16N8O2.Zn/c41-15-9-11-21-23(13-15)32-38-29(21)36-27-18-6-2-1-5-17(18)25(34-27)33-26-19-7-3-4-8-20(19)28(35-26)37-31-24-14-16(42)10-12-22(24)30(39-31)40-32;/h1-14H,(H2-2,33,34,35,36,37,38,39,40,41,42);/q-2;+2. The topological polar surface area (TPSA) is 146 Å². The van der Waals surface area contributed by atoms with Gasteiger partial charge in [0.05, 0.1) is 23.3 Å². The number of hydrogen-bond acceptors (Lipinski definition) is 8. The van der Waals surface area contributed by atoms with Crippen LogP contribution in [0.25, 0.3) is 89.7 Å². The molecule has 0 spiro atoms. The summed E-state index contributed by atoms with van der Waals surface area (Å²) in [5, 5.41) is 23.6. The minimum absolute atomic E-state index is 0. The molecule has 9 rings (SSSR count). The Morgan fingerprint density at radius 1 is 0.395 bits per heavy atom. The van der Waals surface area contributed by atoms with E-state index in [4.69, 9.17) is 39.9 Å². The molecule has 0 unspecified atom stereocenters. The third-order valence-electron chi connectivity index (χ3n) is 7.48. The minimum Gasteiger partial charge on any atom is -0.508 e. The molecule has 2 N–H and O–H groups in total. The van der Waals surface area contributed by atoms with Crippen LogP contribution in [0, 0.1) is 0 Å². The van der Waals surface area contributed by atoms with Gasteiger partial charge in [-0.15, -0.1) is 0 Å². The number of fused-ring (bicyclic) bond motifs is 20. The Hall–Kier alpha value is -5.54. The van der Waals surface area contributed by atoms with Gasteiger partial charge in [0.25, 0.3) is 0 Å². The van der Waals surface area contributed by atoms with E-state index in [1.54, 1.807) is 36.4 Å². The van der Waals surface area contributed by atoms with Crippen LogP contribution in [0.5, 0.6) is 11.5 Å². The van der Waals surface area contributed by atoms with E-state index in [9.17, 15) is 10.2 Å². The Kier molecular flexibility index (Phi) is 5.41. The average Bonchev–Trinajstić information content (AvgIpc) is 3.72. The number of aromatic hydroxyl groups is 2. The summed E-state index contributed by atoms with van der Waals surface area (Å²) in [7, 11) is 0. The van der Waals surface area contributed by atoms with Crippen molar-refractivity contribution in [2.45, 2.75) is 0 Å². The van der Waals surface area contributed by atoms with Gasteiger partial charge in [-0.05, 0) is 57.9 Å². The van der Waals surface area contributed by atoms with E-state index in [-0.39, 0.29) is 31.0 Å². The van der Waals surface area contributed by atoms with Gasteiger partial charge < -0.3 is 40.1 Å². The SMILES string of the molecule is Oc1ccc2c(c1)-c1nc-2nc2[n-]c(nc3nc(nc4[n-]c(n1)c1ccccc41)-c1ccccc1-3)c1ccc(O)cc21.[Zn+2]. The quantitative estimate of drug-likeness (QED) is 0.210. The second-order valence-electron chi connectivity index (χ2n) is 10.0. The predicted octanol–water partition coefficient (Wildman–Crippen LogP) is 5.54. The van der Waals surface area contributed by atoms with Gasteiger partial charge in [0, 0.05) is 44.8 Å². The third kappa shape index (κ3) is 3.82. The predicted molar refractivity (Wildman–Crippen MR) is 157 cm³/mol. The number of phenolic OH excluding ortho intramolecular Hbond substituents is 2. The van der Waals surface area contributed by atoms with E-state index >= 15 is 0 Å². The summed E-state index contributed by atoms with van der Waals surface area (Å²) in [6.07, 6.45) is 0. The molecule has 7 aromatic rings. The zero-order valence-electron chi connectivity index (χ0n) is 22.3. The first-order valence-corrected chi connectivity index (χ1v) is 13.2. The maximum absolute atomic E-state index is 10.3. The van der Waals surface area contributed by atoms with Crippen molar-refractivity contribution in [3.8, 4) is 57.1 Å². The van der Waals surface area contributed by atoms with Crippen molar-refractivity contribution in [2.75, 3.05) is 0 Å². The number of aromatic nitrogens is 8. The van der Waals surface area contributed by atoms with Crippen LogP contribution in [-0.4, -0.2) is 40.1 Å². The molecule has 0 atom stereocenters. The first kappa shape index (κ1) is 25.2. The zero-order chi connectivity index (χ0) is 27.9. The van der Waals surface area contributed by atoms with E-state index in [0.29, 0.717) is 67.8 Å². The summed E-state index contributed by atoms with van der Waals surface area (Å²) in [5.41, 5.74) is 4.60. The molecule has 8 bridgehead atoms. The Balaban J connectivity index is 0.00000278. The number of rotatable bonds is 0. The molecule has 5 heterocycles. The van der Waals surface area contributed by atoms with Crippen molar-refractivity contribution in [1.82, 2.24) is 39.9 Å². The zero-order valence-corrected chi connectivity index (χ0v) is 25.2. The molecule has 198 valence electrons. The second kappa shape index (κ2) is 9.24. The molecule has 0 amide bonds. The largest absolute Gasteiger partial charge is 2.00 e. The van der Waals surface area contributed by atoms with Crippen LogP contribution in [0.1, 0.15) is 0 Å². The molecule has 0 saturated carbocycles. The normalized spacial score (nSPS) is 11.7. The van der Waals surface area contributed by atoms with Crippen LogP contribution in [0.15, 0.2) is 84.9 Å². The van der Waals surface area contributed by atoms with Gasteiger partial charge in [-0.3, -0.25) is 0 Å². The Labute approximate surface area is 255 Å². The van der Waals surface area contributed by atoms with Crippen molar-refractivity contribution in [1.29, 1.82) is 0 Å². The van der Waals surface area contributed by atoms with Crippen LogP contribution in [0.3, 0.4) is 0 Å². The monoisotopic (exact) mass is 608 g/mol. The molecule has 4 aromatic carbocycles. The van der Waals surface area contributed by atoms with Gasteiger partial charge in [0.1, 0.15) is 11.5 Å². The molecule has 10 nitrogen and oxygen atoms in total. The van der Waals surface area contributed by atoms with E-state index < -0.39 is 0 Å². The molecule has 0 fully saturated rings. The Morgan fingerprint density at radius 2 is 0.814 bits per heavy atom. The summed E-state index contributed by atoms with van der Waals surface area (Å²) < 4.78 is 0. The van der Waals surface area contributed by atoms with E-state index in [1.165, 1.54) is 0 Å². The first-order chi connectivity index (χ1) is 20.6. The number of phenols is 2. The average molecular weight is 610 g/mol. The van der Waals surface area contributed by atoms with Crippen molar-refractivity contribution in [3.63, 3.8) is 0 Å². The van der Waals surface area contributed by atoms with Gasteiger partial charge in [0.2, 0.25) is 0 Å². The molecule has 43 heavy (non-hydrogen) atoms. The maximum Gasteiger partial charge on any atom is 2.00 e. The van der Waals surface area contributed by atoms with Crippen LogP contribution < -0.4 is 9.97 Å². The number of hydrogen-bond donors (Lipinski definition) is 2. The second-order valence-corrected chi connectivity index (χ2v) is 10.0. The van der Waals surface area contributed by atoms with Gasteiger partial charge in [-0.1, -0.05) is 48.5 Å². The molecule has 11 heteroatoms. The molecule has 0 radical (unpaired) electrons. The van der Waals surface area contributed by atoms with Gasteiger partial charge in [-0.2, -0.15) is 0 Å². The Bertz CT molecular complexity index is 2470. The molecule has 2 aliphatic heterocycles. The molecule has 0 aliphatic carbocycles. The van der Waals surface area contributed by atoms with Gasteiger partial charge in [-0.25, -0.2) is 9.97 Å². The van der Waals surface area contributed by atoms with Gasteiger partial charge in [0.15, 0.2) is 0 Å². The minimum atomic E-state index is 0. The number of benzene rings is 4. The fourth-order valence-corrected chi connectivity index (χ4v) is 5.54. The van der Waals surface area contributed by atoms with E-state index in [0.717, 1.165) is 21.9 Å². The van der Waals surface area contributed by atoms with Crippen molar-refractivity contribution in [3.05, 3.63) is 84.9 Å². The Morgan fingerprint density at radius 3 is 1.40 bits per heavy atom. The van der Waals surface area contributed by atoms with Crippen LogP contribution in [0.2, 0.25) is 0 Å². The first-order valence-electron chi connectivity index (χ1n) is 13.2. The number of nitrogens with zero attached hydrogens (tertiary/aromatic N) is 8. The summed E-state index contributed by atoms with van der Waals surface area (Å²) in [6, 6.07) is 25.4. The van der Waals surface area contributed by atoms with Crippen LogP contribution >= 0.6 is 0 Å². The van der Waals surface area contributed by atoms with Crippen LogP contribution in [0.4, 0.5) is 0 Å². The molecule has 2 aliphatic rings. The van der Waals surface area contributed by atoms with Gasteiger partial charge >= 0.3 is 19.5 Å². The molecule has 3 aromatic heterocycles. The van der Waals surface area contributed by atoms with Crippen molar-refractivity contribution in [2.24, 2.45) is 0 Å². The summed E-state index contributed by atoms with van der Waals surface area (Å²) in [5.74, 6) is 1.81. The van der Waals surface area contributed by atoms with Crippen LogP contribution in [-0.2, 0) is 19.5 Å². The van der Waals surface area contributed by atoms with E-state index in [2.05, 4.69) is 0 Å². The molecular weight excluding hydrogens is 594 g/mol. The fraction of sp³-hybridized carbons (Fsp3) is 0. The smallest absolute Gasteiger partial charge is 0.508 e. The maximum atomic E-state index is 10.3. The fourth-order valence-electron chi connectivity index (χ4n) is 5.54.